The maximum absolute atomic E-state index is 5.58. The molecule has 1 heterocycles. The van der Waals surface area contributed by atoms with Crippen LogP contribution in [0.1, 0.15) is 36.4 Å². The normalized spacial score (nSPS) is 16.4. The predicted octanol–water partition coefficient (Wildman–Crippen LogP) is 1.82. The summed E-state index contributed by atoms with van der Waals surface area (Å²) in [5.41, 5.74) is 7.72. The van der Waals surface area contributed by atoms with Crippen LogP contribution in [-0.2, 0) is 6.54 Å². The maximum atomic E-state index is 5.58. The highest BCUT2D eigenvalue weighted by atomic mass is 16.5. The molecule has 1 aromatic heterocycles. The molecule has 76 valence electrons. The molecule has 0 bridgehead atoms. The van der Waals surface area contributed by atoms with Crippen molar-refractivity contribution >= 4 is 0 Å². The third kappa shape index (κ3) is 1.60. The highest BCUT2D eigenvalue weighted by Crippen LogP contribution is 2.36. The standard InChI is InChI=1S/C11H16N2O/c1-14-11-9(7-12)5-6-10(13-11)8-3-2-4-8/h5-6,8H,2-4,7,12H2,1H3. The molecule has 0 amide bonds. The molecule has 0 unspecified atom stereocenters. The third-order valence-electron chi connectivity index (χ3n) is 2.90. The Morgan fingerprint density at radius 2 is 2.29 bits per heavy atom. The van der Waals surface area contributed by atoms with Gasteiger partial charge in [0.25, 0.3) is 0 Å². The van der Waals surface area contributed by atoms with Crippen molar-refractivity contribution in [1.29, 1.82) is 0 Å². The van der Waals surface area contributed by atoms with Crippen LogP contribution >= 0.6 is 0 Å². The van der Waals surface area contributed by atoms with Crippen LogP contribution in [-0.4, -0.2) is 12.1 Å². The van der Waals surface area contributed by atoms with Gasteiger partial charge in [-0.15, -0.1) is 0 Å². The number of methoxy groups -OCH3 is 1. The van der Waals surface area contributed by atoms with Gasteiger partial charge in [-0.1, -0.05) is 12.5 Å². The Bertz CT molecular complexity index is 321. The molecular weight excluding hydrogens is 176 g/mol. The molecule has 3 heteroatoms. The summed E-state index contributed by atoms with van der Waals surface area (Å²) in [5.74, 6) is 1.34. The quantitative estimate of drug-likeness (QED) is 0.794. The average Bonchev–Trinajstić information content (AvgIpc) is 2.15. The molecule has 1 aliphatic carbocycles. The summed E-state index contributed by atoms with van der Waals surface area (Å²) >= 11 is 0. The van der Waals surface area contributed by atoms with Crippen molar-refractivity contribution in [3.05, 3.63) is 23.4 Å². The fourth-order valence-electron chi connectivity index (χ4n) is 1.75. The Morgan fingerprint density at radius 3 is 2.79 bits per heavy atom. The number of nitrogens with zero attached hydrogens (tertiary/aromatic N) is 1. The second-order valence-electron chi connectivity index (χ2n) is 3.74. The Labute approximate surface area is 84.3 Å². The minimum Gasteiger partial charge on any atom is -0.481 e. The van der Waals surface area contributed by atoms with Crippen molar-refractivity contribution in [1.82, 2.24) is 4.98 Å². The molecule has 0 aromatic carbocycles. The summed E-state index contributed by atoms with van der Waals surface area (Å²) in [7, 11) is 1.64. The molecular formula is C11H16N2O. The first kappa shape index (κ1) is 9.46. The summed E-state index contributed by atoms with van der Waals surface area (Å²) < 4.78 is 5.20. The maximum Gasteiger partial charge on any atom is 0.217 e. The number of aromatic nitrogens is 1. The first-order chi connectivity index (χ1) is 6.85. The third-order valence-corrected chi connectivity index (χ3v) is 2.90. The predicted molar refractivity (Wildman–Crippen MR) is 55.3 cm³/mol. The highest BCUT2D eigenvalue weighted by molar-refractivity contribution is 5.29. The van der Waals surface area contributed by atoms with Gasteiger partial charge in [-0.2, -0.15) is 0 Å². The topological polar surface area (TPSA) is 48.1 Å². The molecule has 1 fully saturated rings. The van der Waals surface area contributed by atoms with Gasteiger partial charge in [-0.05, 0) is 18.9 Å². The molecule has 0 radical (unpaired) electrons. The molecule has 0 aliphatic heterocycles. The number of ether oxygens (including phenoxy) is 1. The van der Waals surface area contributed by atoms with Crippen LogP contribution in [0.3, 0.4) is 0 Å². The monoisotopic (exact) mass is 192 g/mol. The molecule has 14 heavy (non-hydrogen) atoms. The number of nitrogens with two attached hydrogens (primary N) is 1. The van der Waals surface area contributed by atoms with Crippen LogP contribution in [0.4, 0.5) is 0 Å². The Morgan fingerprint density at radius 1 is 1.50 bits per heavy atom. The largest absolute Gasteiger partial charge is 0.481 e. The van der Waals surface area contributed by atoms with Crippen LogP contribution in [0.2, 0.25) is 0 Å². The van der Waals surface area contributed by atoms with Gasteiger partial charge in [0.05, 0.1) is 7.11 Å². The van der Waals surface area contributed by atoms with E-state index in [-0.39, 0.29) is 0 Å². The molecule has 1 saturated carbocycles. The zero-order valence-electron chi connectivity index (χ0n) is 8.49. The van der Waals surface area contributed by atoms with Crippen molar-refractivity contribution in [2.45, 2.75) is 31.7 Å². The molecule has 0 spiro atoms. The van der Waals surface area contributed by atoms with Gasteiger partial charge in [-0.3, -0.25) is 0 Å². The Balaban J connectivity index is 2.26. The summed E-state index contributed by atoms with van der Waals surface area (Å²) in [4.78, 5) is 4.48. The van der Waals surface area contributed by atoms with Crippen molar-refractivity contribution in [3.8, 4) is 5.88 Å². The summed E-state index contributed by atoms with van der Waals surface area (Å²) in [6, 6.07) is 4.11. The Hall–Kier alpha value is -1.09. The molecule has 0 atom stereocenters. The van der Waals surface area contributed by atoms with Gasteiger partial charge in [0.15, 0.2) is 0 Å². The SMILES string of the molecule is COc1nc(C2CCC2)ccc1CN. The van der Waals surface area contributed by atoms with E-state index in [2.05, 4.69) is 11.1 Å². The lowest BCUT2D eigenvalue weighted by atomic mass is 9.82. The molecule has 0 saturated heterocycles. The summed E-state index contributed by atoms with van der Waals surface area (Å²) in [6.07, 6.45) is 3.85. The number of hydrogen-bond acceptors (Lipinski definition) is 3. The molecule has 2 rings (SSSR count). The minimum atomic E-state index is 0.487. The summed E-state index contributed by atoms with van der Waals surface area (Å²) in [6.45, 7) is 0.487. The lowest BCUT2D eigenvalue weighted by molar-refractivity contribution is 0.375. The van der Waals surface area contributed by atoms with Gasteiger partial charge < -0.3 is 10.5 Å². The average molecular weight is 192 g/mol. The van der Waals surface area contributed by atoms with Gasteiger partial charge in [0.2, 0.25) is 5.88 Å². The van der Waals surface area contributed by atoms with E-state index in [0.29, 0.717) is 18.3 Å². The van der Waals surface area contributed by atoms with E-state index in [4.69, 9.17) is 10.5 Å². The van der Waals surface area contributed by atoms with Crippen molar-refractivity contribution in [3.63, 3.8) is 0 Å². The van der Waals surface area contributed by atoms with E-state index in [1.54, 1.807) is 7.11 Å². The molecule has 2 N–H and O–H groups in total. The minimum absolute atomic E-state index is 0.487. The number of rotatable bonds is 3. The molecule has 1 aliphatic rings. The van der Waals surface area contributed by atoms with Gasteiger partial charge in [0.1, 0.15) is 0 Å². The van der Waals surface area contributed by atoms with E-state index >= 15 is 0 Å². The zero-order chi connectivity index (χ0) is 9.97. The van der Waals surface area contributed by atoms with Gasteiger partial charge in [-0.25, -0.2) is 4.98 Å². The zero-order valence-corrected chi connectivity index (χ0v) is 8.49. The van der Waals surface area contributed by atoms with Crippen molar-refractivity contribution in [2.24, 2.45) is 5.73 Å². The van der Waals surface area contributed by atoms with Crippen LogP contribution in [0.15, 0.2) is 12.1 Å². The number of hydrogen-bond donors (Lipinski definition) is 1. The first-order valence-electron chi connectivity index (χ1n) is 5.09. The fraction of sp³-hybridized carbons (Fsp3) is 0.545. The highest BCUT2D eigenvalue weighted by Gasteiger charge is 2.21. The van der Waals surface area contributed by atoms with E-state index < -0.39 is 0 Å². The lowest BCUT2D eigenvalue weighted by Crippen LogP contribution is -2.12. The molecule has 1 aromatic rings. The van der Waals surface area contributed by atoms with Gasteiger partial charge in [0, 0.05) is 23.7 Å². The van der Waals surface area contributed by atoms with Crippen LogP contribution in [0.5, 0.6) is 5.88 Å². The second-order valence-corrected chi connectivity index (χ2v) is 3.74. The van der Waals surface area contributed by atoms with E-state index in [1.165, 1.54) is 19.3 Å². The van der Waals surface area contributed by atoms with Crippen LogP contribution in [0, 0.1) is 0 Å². The van der Waals surface area contributed by atoms with Crippen LogP contribution in [0.25, 0.3) is 0 Å². The van der Waals surface area contributed by atoms with Crippen LogP contribution < -0.4 is 10.5 Å². The van der Waals surface area contributed by atoms with Crippen molar-refractivity contribution < 1.29 is 4.74 Å². The second kappa shape index (κ2) is 3.96. The smallest absolute Gasteiger partial charge is 0.217 e. The Kier molecular flexibility index (Phi) is 2.68. The fourth-order valence-corrected chi connectivity index (χ4v) is 1.75. The first-order valence-corrected chi connectivity index (χ1v) is 5.09. The summed E-state index contributed by atoms with van der Waals surface area (Å²) in [5, 5.41) is 0. The van der Waals surface area contributed by atoms with Crippen molar-refractivity contribution in [2.75, 3.05) is 7.11 Å². The molecule has 3 nitrogen and oxygen atoms in total. The number of pyridine rings is 1. The lowest BCUT2D eigenvalue weighted by Gasteiger charge is -2.25. The van der Waals surface area contributed by atoms with E-state index in [1.807, 2.05) is 6.07 Å². The van der Waals surface area contributed by atoms with E-state index in [0.717, 1.165) is 11.3 Å². The van der Waals surface area contributed by atoms with Gasteiger partial charge >= 0.3 is 0 Å². The van der Waals surface area contributed by atoms with E-state index in [9.17, 15) is 0 Å².